The number of hydrogen-bond acceptors (Lipinski definition) is 14. The minimum Gasteiger partial charge on any atom is -0.790 e. The Morgan fingerprint density at radius 1 is 1.15 bits per heavy atom. The first-order valence-corrected chi connectivity index (χ1v) is 12.2. The second-order valence-corrected chi connectivity index (χ2v) is 10.4. The van der Waals surface area contributed by atoms with E-state index < -0.39 is 54.2 Å². The number of hydrogen-bond donors (Lipinski definition) is 2. The average molecular weight is 522 g/mol. The Kier molecular flexibility index (Phi) is 18.2. The Bertz CT molecular complexity index is 1030. The van der Waals surface area contributed by atoms with Gasteiger partial charge in [0.2, 0.25) is 0 Å². The van der Waals surface area contributed by atoms with E-state index in [1.807, 2.05) is 0 Å². The zero-order valence-corrected chi connectivity index (χ0v) is 21.8. The van der Waals surface area contributed by atoms with Gasteiger partial charge in [-0.1, -0.05) is 12.2 Å². The third-order valence-corrected chi connectivity index (χ3v) is 7.55. The average Bonchev–Trinajstić information content (AvgIpc) is 2.86. The van der Waals surface area contributed by atoms with Crippen LogP contribution in [0.2, 0.25) is 0 Å². The van der Waals surface area contributed by atoms with E-state index >= 15 is 0 Å². The normalized spacial score (nSPS) is 23.5. The van der Waals surface area contributed by atoms with Crippen LogP contribution in [-0.4, -0.2) is 33.5 Å². The maximum atomic E-state index is 12.0. The van der Waals surface area contributed by atoms with E-state index in [9.17, 15) is 43.2 Å². The molecule has 1 aliphatic heterocycles. The molecule has 2 rings (SSSR count). The van der Waals surface area contributed by atoms with E-state index in [0.29, 0.717) is 5.56 Å². The smallest absolute Gasteiger partial charge is 0.790 e. The molecular formula is C10H13Li4N2O13P3S. The van der Waals surface area contributed by atoms with Gasteiger partial charge in [0.05, 0.1) is 20.5 Å². The van der Waals surface area contributed by atoms with Gasteiger partial charge in [-0.15, -0.1) is 0 Å². The molecule has 166 valence electrons. The van der Waals surface area contributed by atoms with Crippen molar-refractivity contribution >= 4 is 35.7 Å². The predicted octanol–water partition coefficient (Wildman–Crippen LogP) is -14.3. The molecule has 0 bridgehead atoms. The number of rotatable bonds is 8. The van der Waals surface area contributed by atoms with Crippen molar-refractivity contribution in [2.24, 2.45) is 0 Å². The Labute approximate surface area is 240 Å². The monoisotopic (exact) mass is 522 g/mol. The Balaban J connectivity index is -0.00000225. The van der Waals surface area contributed by atoms with E-state index in [-0.39, 0.29) is 86.5 Å². The van der Waals surface area contributed by atoms with Crippen LogP contribution < -0.4 is 101 Å². The summed E-state index contributed by atoms with van der Waals surface area (Å²) >= 11 is 4.91. The van der Waals surface area contributed by atoms with Crippen LogP contribution in [0.15, 0.2) is 11.0 Å². The van der Waals surface area contributed by atoms with Crippen molar-refractivity contribution in [2.45, 2.75) is 31.8 Å². The van der Waals surface area contributed by atoms with Crippen molar-refractivity contribution in [1.29, 1.82) is 0 Å². The molecule has 0 spiro atoms. The molecule has 1 aliphatic rings. The van der Waals surface area contributed by atoms with Gasteiger partial charge in [0.1, 0.15) is 17.0 Å². The standard InChI is InChI=1S/C10H17N2O13P3S.4Li/c1-5-3-12(10(14)11-9(5)29)8-2-6(13)7(23-8)4-22-27(18,19)25-28(20,21)24-26(15,16)17;;;;/h3,6-8,13H,2,4H2,1H3,(H,18,19)(H,20,21)(H,11,14,29)(H2,15,16,17);;;;/q;4*+1/p-4/t6-,7+,8+;;;;/m0..../s1. The summed E-state index contributed by atoms with van der Waals surface area (Å²) in [4.78, 5) is 57.5. The van der Waals surface area contributed by atoms with Crippen LogP contribution in [0.5, 0.6) is 0 Å². The molecule has 1 saturated heterocycles. The molecule has 1 fully saturated rings. The van der Waals surface area contributed by atoms with Gasteiger partial charge >= 0.3 is 81.1 Å². The topological polar surface area (TPSA) is 238 Å². The number of phosphoric acid groups is 3. The molecule has 0 radical (unpaired) electrons. The first-order chi connectivity index (χ1) is 13.1. The zero-order valence-electron chi connectivity index (χ0n) is 18.3. The van der Waals surface area contributed by atoms with Crippen LogP contribution >= 0.6 is 35.7 Å². The van der Waals surface area contributed by atoms with Crippen LogP contribution in [0.25, 0.3) is 0 Å². The molecule has 2 heterocycles. The Morgan fingerprint density at radius 2 is 1.70 bits per heavy atom. The maximum absolute atomic E-state index is 12.0. The van der Waals surface area contributed by atoms with Crippen LogP contribution in [0.1, 0.15) is 18.2 Å². The summed E-state index contributed by atoms with van der Waals surface area (Å²) in [5.74, 6) is 0. The summed E-state index contributed by atoms with van der Waals surface area (Å²) < 4.78 is 50.1. The fourth-order valence-electron chi connectivity index (χ4n) is 2.28. The molecule has 33 heavy (non-hydrogen) atoms. The second-order valence-electron chi connectivity index (χ2n) is 5.71. The Morgan fingerprint density at radius 3 is 2.21 bits per heavy atom. The summed E-state index contributed by atoms with van der Waals surface area (Å²) in [5, 5.41) is 9.97. The van der Waals surface area contributed by atoms with Crippen LogP contribution in [-0.2, 0) is 31.6 Å². The van der Waals surface area contributed by atoms with Gasteiger partial charge in [0, 0.05) is 18.2 Å². The summed E-state index contributed by atoms with van der Waals surface area (Å²) in [6, 6.07) is 0. The van der Waals surface area contributed by atoms with E-state index in [1.54, 1.807) is 6.92 Å². The first-order valence-electron chi connectivity index (χ1n) is 7.45. The quantitative estimate of drug-likeness (QED) is 0.183. The number of aryl methyl sites for hydroxylation is 1. The minimum absolute atomic E-state index is 0. The molecule has 2 unspecified atom stereocenters. The minimum atomic E-state index is -6.10. The number of phosphoric ester groups is 1. The molecule has 15 nitrogen and oxygen atoms in total. The van der Waals surface area contributed by atoms with Gasteiger partial charge in [-0.3, -0.25) is 23.0 Å². The van der Waals surface area contributed by atoms with E-state index in [0.717, 1.165) is 4.57 Å². The van der Waals surface area contributed by atoms with Crippen LogP contribution in [0.3, 0.4) is 0 Å². The SMILES string of the molecule is Cc1cn([C@H]2C[C@H](O)[C@@H](COP(=O)([O-])OP(=O)([O-])OP(=O)([O-])[O-])O2)c(=O)[nH]c1=S.[Li+].[Li+].[Li+].[Li+]. The molecule has 1 aromatic heterocycles. The summed E-state index contributed by atoms with van der Waals surface area (Å²) in [7, 11) is -17.9. The first kappa shape index (κ1) is 39.3. The van der Waals surface area contributed by atoms with Crippen molar-refractivity contribution < 1.29 is 132 Å². The van der Waals surface area contributed by atoms with Gasteiger partial charge < -0.3 is 38.5 Å². The zero-order chi connectivity index (χ0) is 22.2. The van der Waals surface area contributed by atoms with Crippen LogP contribution in [0, 0.1) is 11.6 Å². The second kappa shape index (κ2) is 15.3. The van der Waals surface area contributed by atoms with E-state index in [4.69, 9.17) is 17.0 Å². The Hall–Kier alpha value is 1.82. The fourth-order valence-corrected chi connectivity index (χ4v) is 5.29. The number of H-pyrrole nitrogens is 1. The largest absolute Gasteiger partial charge is 1.00 e. The van der Waals surface area contributed by atoms with E-state index in [2.05, 4.69) is 18.1 Å². The van der Waals surface area contributed by atoms with Gasteiger partial charge in [0.25, 0.3) is 15.6 Å². The molecule has 0 aromatic carbocycles. The molecule has 0 amide bonds. The number of ether oxygens (including phenoxy) is 1. The summed E-state index contributed by atoms with van der Waals surface area (Å²) in [6.45, 7) is 0.652. The molecule has 0 aliphatic carbocycles. The molecule has 2 N–H and O–H groups in total. The number of aromatic nitrogens is 2. The number of aliphatic hydroxyl groups is 1. The van der Waals surface area contributed by atoms with Crippen molar-refractivity contribution in [3.05, 3.63) is 26.9 Å². The van der Waals surface area contributed by atoms with Crippen molar-refractivity contribution in [2.75, 3.05) is 6.61 Å². The summed E-state index contributed by atoms with van der Waals surface area (Å²) in [6.07, 6.45) is -2.48. The summed E-state index contributed by atoms with van der Waals surface area (Å²) in [5.41, 5.74) is -0.128. The fraction of sp³-hybridized carbons (Fsp3) is 0.600. The van der Waals surface area contributed by atoms with Gasteiger partial charge in [-0.25, -0.2) is 9.11 Å². The predicted molar refractivity (Wildman–Crippen MR) is 86.1 cm³/mol. The molecule has 1 aromatic rings. The number of nitrogens with one attached hydrogen (secondary N) is 1. The molecule has 5 atom stereocenters. The number of aromatic amines is 1. The molecule has 23 heteroatoms. The third-order valence-electron chi connectivity index (χ3n) is 3.46. The van der Waals surface area contributed by atoms with Crippen molar-refractivity contribution in [1.82, 2.24) is 9.55 Å². The third kappa shape index (κ3) is 12.8. The van der Waals surface area contributed by atoms with Crippen molar-refractivity contribution in [3.63, 3.8) is 0 Å². The molecule has 0 saturated carbocycles. The van der Waals surface area contributed by atoms with Gasteiger partial charge in [-0.05, 0) is 6.92 Å². The van der Waals surface area contributed by atoms with Gasteiger partial charge in [0.15, 0.2) is 0 Å². The number of aliphatic hydroxyl groups excluding tert-OH is 1. The van der Waals surface area contributed by atoms with E-state index in [1.165, 1.54) is 6.20 Å². The van der Waals surface area contributed by atoms with Crippen LogP contribution in [0.4, 0.5) is 0 Å². The molecular weight excluding hydrogens is 509 g/mol. The van der Waals surface area contributed by atoms with Crippen molar-refractivity contribution in [3.8, 4) is 0 Å². The number of nitrogens with zero attached hydrogens (tertiary/aromatic N) is 1. The maximum Gasteiger partial charge on any atom is 1.00 e. The van der Waals surface area contributed by atoms with Gasteiger partial charge in [-0.2, -0.15) is 0 Å².